The lowest BCUT2D eigenvalue weighted by molar-refractivity contribution is 0.00696. The fourth-order valence-electron chi connectivity index (χ4n) is 2.49. The molecular formula is C17H25BrN2O2. The Hall–Kier alpha value is -1.07. The van der Waals surface area contributed by atoms with Crippen LogP contribution >= 0.6 is 15.9 Å². The molecule has 0 spiro atoms. The minimum atomic E-state index is -0.457. The molecule has 0 aliphatic carbocycles. The molecule has 0 aromatic heterocycles. The molecule has 0 N–H and O–H groups in total. The first-order valence-electron chi connectivity index (χ1n) is 7.76. The van der Waals surface area contributed by atoms with Gasteiger partial charge in [0.1, 0.15) is 5.60 Å². The Labute approximate surface area is 141 Å². The highest BCUT2D eigenvalue weighted by atomic mass is 79.9. The van der Waals surface area contributed by atoms with Gasteiger partial charge in [0.05, 0.1) is 5.56 Å². The minimum Gasteiger partial charge on any atom is -0.456 e. The topological polar surface area (TPSA) is 32.8 Å². The van der Waals surface area contributed by atoms with Gasteiger partial charge in [-0.1, -0.05) is 15.9 Å². The minimum absolute atomic E-state index is 0.263. The fourth-order valence-corrected chi connectivity index (χ4v) is 3.00. The van der Waals surface area contributed by atoms with Crippen molar-refractivity contribution in [3.05, 3.63) is 29.8 Å². The molecule has 1 aromatic carbocycles. The van der Waals surface area contributed by atoms with E-state index in [4.69, 9.17) is 4.74 Å². The molecule has 1 heterocycles. The van der Waals surface area contributed by atoms with Gasteiger partial charge < -0.3 is 9.64 Å². The highest BCUT2D eigenvalue weighted by molar-refractivity contribution is 9.09. The van der Waals surface area contributed by atoms with Crippen molar-refractivity contribution in [3.8, 4) is 0 Å². The predicted molar refractivity (Wildman–Crippen MR) is 94.1 cm³/mol. The fraction of sp³-hybridized carbons (Fsp3) is 0.588. The van der Waals surface area contributed by atoms with Crippen LogP contribution in [-0.4, -0.2) is 54.5 Å². The highest BCUT2D eigenvalue weighted by Crippen LogP contribution is 2.19. The van der Waals surface area contributed by atoms with Crippen LogP contribution in [0.2, 0.25) is 0 Å². The number of hydrogen-bond donors (Lipinski definition) is 0. The first-order chi connectivity index (χ1) is 10.4. The Kier molecular flexibility index (Phi) is 5.87. The molecule has 0 unspecified atom stereocenters. The van der Waals surface area contributed by atoms with Crippen molar-refractivity contribution >= 4 is 27.6 Å². The SMILES string of the molecule is CC(C)(C)OC(=O)c1ccc(N2CCN(CCBr)CC2)cc1. The maximum Gasteiger partial charge on any atom is 0.338 e. The van der Waals surface area contributed by atoms with Crippen LogP contribution in [0.4, 0.5) is 5.69 Å². The summed E-state index contributed by atoms with van der Waals surface area (Å²) in [4.78, 5) is 16.8. The standard InChI is InChI=1S/C17H25BrN2O2/c1-17(2,3)22-16(21)14-4-6-15(7-5-14)20-12-10-19(9-8-18)11-13-20/h4-7H,8-13H2,1-3H3. The third-order valence-electron chi connectivity index (χ3n) is 3.64. The van der Waals surface area contributed by atoms with E-state index in [0.29, 0.717) is 5.56 Å². The van der Waals surface area contributed by atoms with Gasteiger partial charge in [0.2, 0.25) is 0 Å². The van der Waals surface area contributed by atoms with Crippen molar-refractivity contribution in [2.45, 2.75) is 26.4 Å². The van der Waals surface area contributed by atoms with Crippen molar-refractivity contribution in [3.63, 3.8) is 0 Å². The quantitative estimate of drug-likeness (QED) is 0.603. The van der Waals surface area contributed by atoms with Crippen LogP contribution in [0.3, 0.4) is 0 Å². The van der Waals surface area contributed by atoms with Gasteiger partial charge >= 0.3 is 5.97 Å². The Morgan fingerprint density at radius 1 is 1.14 bits per heavy atom. The third-order valence-corrected chi connectivity index (χ3v) is 3.99. The van der Waals surface area contributed by atoms with Crippen LogP contribution in [0, 0.1) is 0 Å². The first kappa shape index (κ1) is 17.3. The van der Waals surface area contributed by atoms with Crippen molar-refractivity contribution in [2.24, 2.45) is 0 Å². The average Bonchev–Trinajstić information content (AvgIpc) is 2.47. The number of benzene rings is 1. The van der Waals surface area contributed by atoms with Gasteiger partial charge in [-0.2, -0.15) is 0 Å². The second-order valence-corrected chi connectivity index (χ2v) is 7.36. The summed E-state index contributed by atoms with van der Waals surface area (Å²) >= 11 is 3.49. The Balaban J connectivity index is 1.94. The van der Waals surface area contributed by atoms with Gasteiger partial charge in [0, 0.05) is 43.7 Å². The number of alkyl halides is 1. The molecule has 0 atom stereocenters. The number of halogens is 1. The van der Waals surface area contributed by atoms with Crippen molar-refractivity contribution in [1.82, 2.24) is 4.90 Å². The molecule has 0 radical (unpaired) electrons. The lowest BCUT2D eigenvalue weighted by Gasteiger charge is -2.35. The molecule has 0 amide bonds. The molecule has 0 saturated carbocycles. The molecule has 22 heavy (non-hydrogen) atoms. The van der Waals surface area contributed by atoms with Crippen LogP contribution in [0.25, 0.3) is 0 Å². The number of nitrogens with zero attached hydrogens (tertiary/aromatic N) is 2. The number of carbonyl (C=O) groups is 1. The molecule has 1 aliphatic heterocycles. The molecule has 1 aromatic rings. The van der Waals surface area contributed by atoms with Gasteiger partial charge in [-0.05, 0) is 45.0 Å². The number of carbonyl (C=O) groups excluding carboxylic acids is 1. The summed E-state index contributed by atoms with van der Waals surface area (Å²) in [6, 6.07) is 7.74. The van der Waals surface area contributed by atoms with E-state index in [2.05, 4.69) is 25.7 Å². The van der Waals surface area contributed by atoms with Gasteiger partial charge in [-0.25, -0.2) is 4.79 Å². The molecule has 1 fully saturated rings. The largest absolute Gasteiger partial charge is 0.456 e. The van der Waals surface area contributed by atoms with Crippen molar-refractivity contribution in [2.75, 3.05) is 43.0 Å². The maximum atomic E-state index is 12.0. The molecule has 2 rings (SSSR count). The average molecular weight is 369 g/mol. The number of esters is 1. The van der Waals surface area contributed by atoms with Crippen LogP contribution in [0.15, 0.2) is 24.3 Å². The van der Waals surface area contributed by atoms with E-state index in [1.54, 1.807) is 0 Å². The second-order valence-electron chi connectivity index (χ2n) is 6.57. The zero-order chi connectivity index (χ0) is 16.2. The smallest absolute Gasteiger partial charge is 0.338 e. The molecular weight excluding hydrogens is 344 g/mol. The normalized spacial score (nSPS) is 16.6. The van der Waals surface area contributed by atoms with Gasteiger partial charge in [0.15, 0.2) is 0 Å². The van der Waals surface area contributed by atoms with E-state index >= 15 is 0 Å². The molecule has 1 aliphatic rings. The van der Waals surface area contributed by atoms with Crippen LogP contribution in [0.5, 0.6) is 0 Å². The predicted octanol–water partition coefficient (Wildman–Crippen LogP) is 3.16. The summed E-state index contributed by atoms with van der Waals surface area (Å²) in [5.41, 5.74) is 1.32. The maximum absolute atomic E-state index is 12.0. The highest BCUT2D eigenvalue weighted by Gasteiger charge is 2.19. The number of hydrogen-bond acceptors (Lipinski definition) is 4. The summed E-state index contributed by atoms with van der Waals surface area (Å²) in [6.45, 7) is 11.0. The molecule has 4 nitrogen and oxygen atoms in total. The zero-order valence-corrected chi connectivity index (χ0v) is 15.2. The summed E-state index contributed by atoms with van der Waals surface area (Å²) in [5, 5.41) is 1.03. The monoisotopic (exact) mass is 368 g/mol. The Bertz CT molecular complexity index is 488. The van der Waals surface area contributed by atoms with Crippen LogP contribution in [-0.2, 0) is 4.74 Å². The van der Waals surface area contributed by atoms with Crippen LogP contribution in [0.1, 0.15) is 31.1 Å². The van der Waals surface area contributed by atoms with E-state index in [-0.39, 0.29) is 5.97 Å². The number of rotatable bonds is 4. The van der Waals surface area contributed by atoms with E-state index in [9.17, 15) is 4.79 Å². The lowest BCUT2D eigenvalue weighted by atomic mass is 10.1. The second kappa shape index (κ2) is 7.47. The number of piperazine rings is 1. The van der Waals surface area contributed by atoms with Crippen molar-refractivity contribution in [1.29, 1.82) is 0 Å². The summed E-state index contributed by atoms with van der Waals surface area (Å²) in [7, 11) is 0. The van der Waals surface area contributed by atoms with Gasteiger partial charge in [-0.15, -0.1) is 0 Å². The summed E-state index contributed by atoms with van der Waals surface area (Å²) in [5.74, 6) is -0.263. The van der Waals surface area contributed by atoms with Crippen molar-refractivity contribution < 1.29 is 9.53 Å². The summed E-state index contributed by atoms with van der Waals surface area (Å²) in [6.07, 6.45) is 0. The first-order valence-corrected chi connectivity index (χ1v) is 8.88. The Morgan fingerprint density at radius 2 is 1.73 bits per heavy atom. The van der Waals surface area contributed by atoms with E-state index < -0.39 is 5.60 Å². The summed E-state index contributed by atoms with van der Waals surface area (Å²) < 4.78 is 5.39. The molecule has 0 bridgehead atoms. The zero-order valence-electron chi connectivity index (χ0n) is 13.6. The third kappa shape index (κ3) is 4.99. The number of ether oxygens (including phenoxy) is 1. The van der Waals surface area contributed by atoms with Gasteiger partial charge in [0.25, 0.3) is 0 Å². The van der Waals surface area contributed by atoms with E-state index in [0.717, 1.165) is 38.1 Å². The van der Waals surface area contributed by atoms with E-state index in [1.165, 1.54) is 5.69 Å². The molecule has 5 heteroatoms. The van der Waals surface area contributed by atoms with Gasteiger partial charge in [-0.3, -0.25) is 4.90 Å². The van der Waals surface area contributed by atoms with E-state index in [1.807, 2.05) is 45.0 Å². The Morgan fingerprint density at radius 3 is 2.23 bits per heavy atom. The molecule has 1 saturated heterocycles. The number of anilines is 1. The molecule has 122 valence electrons. The lowest BCUT2D eigenvalue weighted by Crippen LogP contribution is -2.46. The van der Waals surface area contributed by atoms with Crippen LogP contribution < -0.4 is 4.90 Å².